The number of rotatable bonds is 8. The van der Waals surface area contributed by atoms with Crippen LogP contribution in [0.2, 0.25) is 0 Å². The molecule has 0 aliphatic carbocycles. The maximum atomic E-state index is 12.9. The van der Waals surface area contributed by atoms with Gasteiger partial charge in [0.15, 0.2) is 5.78 Å². The summed E-state index contributed by atoms with van der Waals surface area (Å²) < 4.78 is 5.30. The molecule has 1 atom stereocenters. The molecule has 0 fully saturated rings. The van der Waals surface area contributed by atoms with Gasteiger partial charge in [-0.2, -0.15) is 0 Å². The van der Waals surface area contributed by atoms with Gasteiger partial charge in [-0.25, -0.2) is 9.59 Å². The van der Waals surface area contributed by atoms with Gasteiger partial charge in [0.2, 0.25) is 0 Å². The molecule has 0 spiro atoms. The average Bonchev–Trinajstić information content (AvgIpc) is 2.66. The Labute approximate surface area is 176 Å². The SMILES string of the molecule is Cc1ccc(CC(NC(=O)OC(C)(C)C)C(=O)CCc2ccc(C(=O)O)cc2)nc1. The highest BCUT2D eigenvalue weighted by molar-refractivity contribution is 5.88. The van der Waals surface area contributed by atoms with Crippen molar-refractivity contribution in [3.8, 4) is 0 Å². The quantitative estimate of drug-likeness (QED) is 0.684. The lowest BCUT2D eigenvalue weighted by molar-refractivity contribution is -0.121. The number of nitrogens with one attached hydrogen (secondary N) is 1. The number of carboxylic acid groups (broad SMARTS) is 1. The fraction of sp³-hybridized carbons (Fsp3) is 0.391. The van der Waals surface area contributed by atoms with Gasteiger partial charge >= 0.3 is 12.1 Å². The van der Waals surface area contributed by atoms with Crippen molar-refractivity contribution in [3.05, 3.63) is 65.0 Å². The van der Waals surface area contributed by atoms with Crippen LogP contribution in [0.1, 0.15) is 54.4 Å². The van der Waals surface area contributed by atoms with Crippen molar-refractivity contribution in [1.29, 1.82) is 0 Å². The van der Waals surface area contributed by atoms with Crippen molar-refractivity contribution in [3.63, 3.8) is 0 Å². The van der Waals surface area contributed by atoms with Crippen LogP contribution in [-0.4, -0.2) is 39.6 Å². The summed E-state index contributed by atoms with van der Waals surface area (Å²) in [5.74, 6) is -1.14. The van der Waals surface area contributed by atoms with E-state index in [-0.39, 0.29) is 24.2 Å². The minimum atomic E-state index is -0.996. The molecule has 1 heterocycles. The summed E-state index contributed by atoms with van der Waals surface area (Å²) >= 11 is 0. The van der Waals surface area contributed by atoms with Crippen LogP contribution in [0.3, 0.4) is 0 Å². The number of pyridine rings is 1. The van der Waals surface area contributed by atoms with Crippen LogP contribution in [-0.2, 0) is 22.4 Å². The molecule has 30 heavy (non-hydrogen) atoms. The summed E-state index contributed by atoms with van der Waals surface area (Å²) in [5.41, 5.74) is 2.07. The third kappa shape index (κ3) is 7.66. The van der Waals surface area contributed by atoms with Crippen LogP contribution >= 0.6 is 0 Å². The highest BCUT2D eigenvalue weighted by atomic mass is 16.6. The molecule has 1 unspecified atom stereocenters. The molecule has 0 bridgehead atoms. The standard InChI is InChI=1S/C23H28N2O5/c1-15-5-11-18(24-14-15)13-19(25-22(29)30-23(2,3)4)20(26)12-8-16-6-9-17(10-7-16)21(27)28/h5-7,9-11,14,19H,8,12-13H2,1-4H3,(H,25,29)(H,27,28). The van der Waals surface area contributed by atoms with Crippen molar-refractivity contribution in [2.75, 3.05) is 0 Å². The fourth-order valence-corrected chi connectivity index (χ4v) is 2.78. The van der Waals surface area contributed by atoms with E-state index < -0.39 is 23.7 Å². The number of ketones is 1. The Kier molecular flexibility index (Phi) is 7.69. The van der Waals surface area contributed by atoms with E-state index in [4.69, 9.17) is 9.84 Å². The summed E-state index contributed by atoms with van der Waals surface area (Å²) in [6.07, 6.45) is 1.95. The second-order valence-electron chi connectivity index (χ2n) is 8.20. The first-order valence-electron chi connectivity index (χ1n) is 9.79. The Morgan fingerprint density at radius 2 is 1.77 bits per heavy atom. The number of hydrogen-bond acceptors (Lipinski definition) is 5. The lowest BCUT2D eigenvalue weighted by Gasteiger charge is -2.23. The van der Waals surface area contributed by atoms with Gasteiger partial charge in [0.1, 0.15) is 5.60 Å². The zero-order valence-corrected chi connectivity index (χ0v) is 17.8. The van der Waals surface area contributed by atoms with E-state index in [1.807, 2.05) is 19.1 Å². The Balaban J connectivity index is 2.07. The molecular formula is C23H28N2O5. The minimum absolute atomic E-state index is 0.148. The predicted molar refractivity (Wildman–Crippen MR) is 113 cm³/mol. The molecule has 160 valence electrons. The minimum Gasteiger partial charge on any atom is -0.478 e. The summed E-state index contributed by atoms with van der Waals surface area (Å²) in [6, 6.07) is 9.36. The number of carbonyl (C=O) groups excluding carboxylic acids is 2. The monoisotopic (exact) mass is 412 g/mol. The molecule has 1 aromatic heterocycles. The Bertz CT molecular complexity index is 883. The third-order valence-corrected chi connectivity index (χ3v) is 4.33. The van der Waals surface area contributed by atoms with Gasteiger partial charge in [0.25, 0.3) is 0 Å². The Morgan fingerprint density at radius 1 is 1.10 bits per heavy atom. The Morgan fingerprint density at radius 3 is 2.30 bits per heavy atom. The molecule has 0 aliphatic heterocycles. The molecule has 1 aromatic carbocycles. The maximum Gasteiger partial charge on any atom is 0.408 e. The summed E-state index contributed by atoms with van der Waals surface area (Å²) in [5, 5.41) is 11.6. The number of amides is 1. The van der Waals surface area contributed by atoms with Gasteiger partial charge in [0, 0.05) is 24.7 Å². The zero-order chi connectivity index (χ0) is 22.3. The van der Waals surface area contributed by atoms with E-state index in [1.165, 1.54) is 12.1 Å². The number of hydrogen-bond donors (Lipinski definition) is 2. The predicted octanol–water partition coefficient (Wildman–Crippen LogP) is 3.73. The van der Waals surface area contributed by atoms with Gasteiger partial charge in [0.05, 0.1) is 11.6 Å². The van der Waals surface area contributed by atoms with Crippen LogP contribution in [0.4, 0.5) is 4.79 Å². The van der Waals surface area contributed by atoms with E-state index in [9.17, 15) is 14.4 Å². The molecule has 0 saturated carbocycles. The smallest absolute Gasteiger partial charge is 0.408 e. The highest BCUT2D eigenvalue weighted by Crippen LogP contribution is 2.12. The summed E-state index contributed by atoms with van der Waals surface area (Å²) in [6.45, 7) is 7.19. The normalized spacial score (nSPS) is 12.1. The molecule has 7 nitrogen and oxygen atoms in total. The van der Waals surface area contributed by atoms with Crippen molar-refractivity contribution in [2.24, 2.45) is 0 Å². The lowest BCUT2D eigenvalue weighted by Crippen LogP contribution is -2.45. The first-order chi connectivity index (χ1) is 14.0. The largest absolute Gasteiger partial charge is 0.478 e. The van der Waals surface area contributed by atoms with Gasteiger partial charge < -0.3 is 15.2 Å². The lowest BCUT2D eigenvalue weighted by atomic mass is 9.99. The van der Waals surface area contributed by atoms with E-state index in [0.717, 1.165) is 11.1 Å². The second-order valence-corrected chi connectivity index (χ2v) is 8.20. The van der Waals surface area contributed by atoms with E-state index >= 15 is 0 Å². The summed E-state index contributed by atoms with van der Waals surface area (Å²) in [4.78, 5) is 40.4. The molecule has 2 aromatic rings. The number of alkyl carbamates (subject to hydrolysis) is 1. The van der Waals surface area contributed by atoms with E-state index in [2.05, 4.69) is 10.3 Å². The van der Waals surface area contributed by atoms with Crippen molar-refractivity contribution in [2.45, 2.75) is 58.6 Å². The van der Waals surface area contributed by atoms with Gasteiger partial charge in [-0.3, -0.25) is 9.78 Å². The van der Waals surface area contributed by atoms with E-state index in [0.29, 0.717) is 12.1 Å². The molecule has 7 heteroatoms. The van der Waals surface area contributed by atoms with Crippen LogP contribution in [0.25, 0.3) is 0 Å². The Hall–Kier alpha value is -3.22. The molecule has 0 aliphatic rings. The van der Waals surface area contributed by atoms with Gasteiger partial charge in [-0.1, -0.05) is 18.2 Å². The van der Waals surface area contributed by atoms with Gasteiger partial charge in [-0.05, 0) is 63.4 Å². The highest BCUT2D eigenvalue weighted by Gasteiger charge is 2.25. The summed E-state index contributed by atoms with van der Waals surface area (Å²) in [7, 11) is 0. The number of benzene rings is 1. The molecule has 2 rings (SSSR count). The fourth-order valence-electron chi connectivity index (χ4n) is 2.78. The number of carboxylic acids is 1. The number of aromatic carboxylic acids is 1. The van der Waals surface area contributed by atoms with Gasteiger partial charge in [-0.15, -0.1) is 0 Å². The molecular weight excluding hydrogens is 384 g/mol. The third-order valence-electron chi connectivity index (χ3n) is 4.33. The molecule has 2 N–H and O–H groups in total. The maximum absolute atomic E-state index is 12.9. The topological polar surface area (TPSA) is 106 Å². The number of Topliss-reactive ketones (excluding diaryl/α,β-unsaturated/α-hetero) is 1. The number of aromatic nitrogens is 1. The first-order valence-corrected chi connectivity index (χ1v) is 9.79. The molecule has 1 amide bonds. The molecule has 0 radical (unpaired) electrons. The van der Waals surface area contributed by atoms with Crippen LogP contribution < -0.4 is 5.32 Å². The average molecular weight is 412 g/mol. The van der Waals surface area contributed by atoms with Crippen LogP contribution in [0.15, 0.2) is 42.6 Å². The zero-order valence-electron chi connectivity index (χ0n) is 17.8. The second kappa shape index (κ2) is 10.0. The van der Waals surface area contributed by atoms with Crippen LogP contribution in [0, 0.1) is 6.92 Å². The number of ether oxygens (including phenoxy) is 1. The van der Waals surface area contributed by atoms with Crippen LogP contribution in [0.5, 0.6) is 0 Å². The van der Waals surface area contributed by atoms with Crippen molar-refractivity contribution >= 4 is 17.8 Å². The van der Waals surface area contributed by atoms with E-state index in [1.54, 1.807) is 39.1 Å². The van der Waals surface area contributed by atoms with Crippen molar-refractivity contribution in [1.82, 2.24) is 10.3 Å². The van der Waals surface area contributed by atoms with Crippen molar-refractivity contribution < 1.29 is 24.2 Å². The first kappa shape index (κ1) is 23.1. The number of aryl methyl sites for hydroxylation is 2. The number of nitrogens with zero attached hydrogens (tertiary/aromatic N) is 1. The molecule has 0 saturated heterocycles. The number of carbonyl (C=O) groups is 3.